The molecule has 0 unspecified atom stereocenters. The number of benzene rings is 2. The van der Waals surface area contributed by atoms with Gasteiger partial charge in [-0.1, -0.05) is 12.1 Å². The van der Waals surface area contributed by atoms with E-state index in [4.69, 9.17) is 14.2 Å². The van der Waals surface area contributed by atoms with Crippen LogP contribution in [0.25, 0.3) is 0 Å². The van der Waals surface area contributed by atoms with Crippen LogP contribution in [0.1, 0.15) is 15.9 Å². The van der Waals surface area contributed by atoms with E-state index < -0.39 is 15.9 Å². The van der Waals surface area contributed by atoms with Crippen LogP contribution in [-0.4, -0.2) is 33.2 Å². The van der Waals surface area contributed by atoms with Gasteiger partial charge in [-0.25, -0.2) is 18.1 Å². The molecule has 1 amide bonds. The van der Waals surface area contributed by atoms with E-state index in [1.807, 2.05) is 0 Å². The Morgan fingerprint density at radius 3 is 2.71 bits per heavy atom. The van der Waals surface area contributed by atoms with Crippen LogP contribution < -0.4 is 24.2 Å². The molecule has 9 nitrogen and oxygen atoms in total. The smallest absolute Gasteiger partial charge is 0.255 e. The van der Waals surface area contributed by atoms with E-state index in [2.05, 4.69) is 15.0 Å². The first-order valence-corrected chi connectivity index (χ1v) is 10.7. The van der Waals surface area contributed by atoms with E-state index in [0.717, 1.165) is 0 Å². The van der Waals surface area contributed by atoms with E-state index in [1.165, 1.54) is 37.6 Å². The number of pyridine rings is 1. The largest absolute Gasteiger partial charge is 0.481 e. The first-order chi connectivity index (χ1) is 14.9. The molecule has 0 atom stereocenters. The summed E-state index contributed by atoms with van der Waals surface area (Å²) in [7, 11) is -2.35. The zero-order valence-corrected chi connectivity index (χ0v) is 17.3. The number of fused-ring (bicyclic) bond motifs is 1. The maximum Gasteiger partial charge on any atom is 0.255 e. The third-order valence-electron chi connectivity index (χ3n) is 4.51. The van der Waals surface area contributed by atoms with Gasteiger partial charge < -0.3 is 19.5 Å². The molecule has 1 aromatic heterocycles. The van der Waals surface area contributed by atoms with E-state index in [0.29, 0.717) is 28.6 Å². The second-order valence-corrected chi connectivity index (χ2v) is 8.35. The first kappa shape index (κ1) is 20.6. The topological polar surface area (TPSA) is 116 Å². The highest BCUT2D eigenvalue weighted by molar-refractivity contribution is 7.89. The Morgan fingerprint density at radius 1 is 1.10 bits per heavy atom. The maximum atomic E-state index is 12.7. The molecule has 0 saturated carbocycles. The average Bonchev–Trinajstić information content (AvgIpc) is 3.26. The highest BCUT2D eigenvalue weighted by Gasteiger charge is 2.18. The van der Waals surface area contributed by atoms with Crippen LogP contribution in [-0.2, 0) is 16.6 Å². The van der Waals surface area contributed by atoms with Crippen LogP contribution in [0.3, 0.4) is 0 Å². The summed E-state index contributed by atoms with van der Waals surface area (Å²) in [6.45, 7) is 0.207. The van der Waals surface area contributed by atoms with Crippen molar-refractivity contribution in [3.8, 4) is 17.4 Å². The number of anilines is 1. The number of carbonyl (C=O) groups excluding carboxylic acids is 1. The van der Waals surface area contributed by atoms with Gasteiger partial charge in [-0.05, 0) is 42.0 Å². The Balaban J connectivity index is 1.45. The van der Waals surface area contributed by atoms with Crippen molar-refractivity contribution in [2.24, 2.45) is 0 Å². The molecule has 3 aromatic rings. The summed E-state index contributed by atoms with van der Waals surface area (Å²) < 4.78 is 43.5. The normalized spacial score (nSPS) is 12.4. The maximum absolute atomic E-state index is 12.7. The summed E-state index contributed by atoms with van der Waals surface area (Å²) in [6.07, 6.45) is 1.45. The van der Waals surface area contributed by atoms with E-state index in [-0.39, 0.29) is 23.8 Å². The number of methoxy groups -OCH3 is 1. The minimum absolute atomic E-state index is 0.0197. The fourth-order valence-corrected chi connectivity index (χ4v) is 3.96. The number of amides is 1. The molecular formula is C21H19N3O6S. The summed E-state index contributed by atoms with van der Waals surface area (Å²) >= 11 is 0. The summed E-state index contributed by atoms with van der Waals surface area (Å²) in [5, 5.41) is 2.67. The molecule has 2 heterocycles. The lowest BCUT2D eigenvalue weighted by molar-refractivity contribution is 0.102. The van der Waals surface area contributed by atoms with Crippen molar-refractivity contribution in [2.75, 3.05) is 19.2 Å². The molecule has 0 radical (unpaired) electrons. The van der Waals surface area contributed by atoms with E-state index in [9.17, 15) is 13.2 Å². The fraction of sp³-hybridized carbons (Fsp3) is 0.143. The predicted octanol–water partition coefficient (Wildman–Crippen LogP) is 2.55. The minimum Gasteiger partial charge on any atom is -0.481 e. The van der Waals surface area contributed by atoms with Crippen molar-refractivity contribution in [1.82, 2.24) is 9.71 Å². The average molecular weight is 441 g/mol. The van der Waals surface area contributed by atoms with Gasteiger partial charge in [-0.2, -0.15) is 0 Å². The lowest BCUT2D eigenvalue weighted by Crippen LogP contribution is -2.23. The van der Waals surface area contributed by atoms with Crippen molar-refractivity contribution in [2.45, 2.75) is 11.4 Å². The van der Waals surface area contributed by atoms with E-state index in [1.54, 1.807) is 30.3 Å². The number of nitrogens with one attached hydrogen (secondary N) is 2. The zero-order valence-electron chi connectivity index (χ0n) is 16.5. The lowest BCUT2D eigenvalue weighted by Gasteiger charge is -2.10. The molecule has 2 N–H and O–H groups in total. The predicted molar refractivity (Wildman–Crippen MR) is 112 cm³/mol. The minimum atomic E-state index is -3.84. The summed E-state index contributed by atoms with van der Waals surface area (Å²) in [6, 6.07) is 14.2. The van der Waals surface area contributed by atoms with Crippen molar-refractivity contribution in [3.05, 3.63) is 71.9 Å². The number of carbonyl (C=O) groups is 1. The molecule has 0 fully saturated rings. The molecule has 0 spiro atoms. The molecule has 160 valence electrons. The molecule has 2 aromatic carbocycles. The third kappa shape index (κ3) is 4.76. The molecule has 0 aliphatic carbocycles. The molecule has 10 heteroatoms. The highest BCUT2D eigenvalue weighted by Crippen LogP contribution is 2.32. The van der Waals surface area contributed by atoms with Gasteiger partial charge in [0.05, 0.1) is 23.9 Å². The van der Waals surface area contributed by atoms with Gasteiger partial charge in [-0.3, -0.25) is 4.79 Å². The van der Waals surface area contributed by atoms with Gasteiger partial charge in [0.25, 0.3) is 5.91 Å². The molecule has 31 heavy (non-hydrogen) atoms. The first-order valence-electron chi connectivity index (χ1n) is 9.24. The molecule has 0 bridgehead atoms. The molecule has 0 saturated heterocycles. The number of sulfonamides is 1. The number of hydrogen-bond acceptors (Lipinski definition) is 7. The van der Waals surface area contributed by atoms with E-state index >= 15 is 0 Å². The van der Waals surface area contributed by atoms with Gasteiger partial charge in [0.1, 0.15) is 0 Å². The van der Waals surface area contributed by atoms with Crippen molar-refractivity contribution in [1.29, 1.82) is 0 Å². The van der Waals surface area contributed by atoms with Crippen molar-refractivity contribution < 1.29 is 27.4 Å². The third-order valence-corrected chi connectivity index (χ3v) is 5.91. The second kappa shape index (κ2) is 8.62. The van der Waals surface area contributed by atoms with Crippen LogP contribution in [0.5, 0.6) is 17.4 Å². The fourth-order valence-electron chi connectivity index (χ4n) is 2.90. The highest BCUT2D eigenvalue weighted by atomic mass is 32.2. The Bertz CT molecular complexity index is 1210. The van der Waals surface area contributed by atoms with Crippen LogP contribution in [0.15, 0.2) is 65.7 Å². The Hall–Kier alpha value is -3.63. The summed E-state index contributed by atoms with van der Waals surface area (Å²) in [5.74, 6) is 1.15. The van der Waals surface area contributed by atoms with Crippen LogP contribution in [0, 0.1) is 0 Å². The monoisotopic (exact) mass is 441 g/mol. The molecule has 1 aliphatic heterocycles. The number of nitrogens with zero attached hydrogens (tertiary/aromatic N) is 1. The van der Waals surface area contributed by atoms with Gasteiger partial charge >= 0.3 is 0 Å². The van der Waals surface area contributed by atoms with Gasteiger partial charge in [0.15, 0.2) is 11.5 Å². The second-order valence-electron chi connectivity index (χ2n) is 6.58. The molecular weight excluding hydrogens is 422 g/mol. The summed E-state index contributed by atoms with van der Waals surface area (Å²) in [4.78, 5) is 16.5. The molecule has 4 rings (SSSR count). The van der Waals surface area contributed by atoms with Gasteiger partial charge in [0, 0.05) is 18.2 Å². The number of aromatic nitrogens is 1. The van der Waals surface area contributed by atoms with Crippen molar-refractivity contribution >= 4 is 21.6 Å². The van der Waals surface area contributed by atoms with Gasteiger partial charge in [-0.15, -0.1) is 0 Å². The van der Waals surface area contributed by atoms with Crippen LogP contribution in [0.4, 0.5) is 5.69 Å². The summed E-state index contributed by atoms with van der Waals surface area (Å²) in [5.41, 5.74) is 1.37. The van der Waals surface area contributed by atoms with Crippen LogP contribution in [0.2, 0.25) is 0 Å². The lowest BCUT2D eigenvalue weighted by atomic mass is 10.2. The Kier molecular flexibility index (Phi) is 5.74. The standard InChI is InChI=1S/C21H19N3O6S/c1-28-20-8-6-16(12-22-20)24-21(25)15-3-2-4-17(10-15)31(26,27)23-11-14-5-7-18-19(9-14)30-13-29-18/h2-10,12,23H,11,13H2,1H3,(H,24,25). The SMILES string of the molecule is COc1ccc(NC(=O)c2cccc(S(=O)(=O)NCc3ccc4c(c3)OCO4)c2)cn1. The quantitative estimate of drug-likeness (QED) is 0.579. The Morgan fingerprint density at radius 2 is 1.94 bits per heavy atom. The number of hydrogen-bond donors (Lipinski definition) is 2. The zero-order chi connectivity index (χ0) is 21.8. The Labute approximate surface area is 179 Å². The van der Waals surface area contributed by atoms with Gasteiger partial charge in [0.2, 0.25) is 22.7 Å². The van der Waals surface area contributed by atoms with Crippen molar-refractivity contribution in [3.63, 3.8) is 0 Å². The molecule has 1 aliphatic rings. The van der Waals surface area contributed by atoms with Crippen LogP contribution >= 0.6 is 0 Å². The number of rotatable bonds is 7. The number of ether oxygens (including phenoxy) is 3.